The number of allylic oxidation sites excluding steroid dienone is 1. The highest BCUT2D eigenvalue weighted by atomic mass is 16.3. The lowest BCUT2D eigenvalue weighted by atomic mass is 9.85. The van der Waals surface area contributed by atoms with Gasteiger partial charge in [-0.2, -0.15) is 0 Å². The van der Waals surface area contributed by atoms with Gasteiger partial charge in [0.15, 0.2) is 0 Å². The first-order chi connectivity index (χ1) is 12.9. The molecule has 1 saturated heterocycles. The minimum Gasteiger partial charge on any atom is -0.412 e. The van der Waals surface area contributed by atoms with Crippen LogP contribution in [0.25, 0.3) is 0 Å². The van der Waals surface area contributed by atoms with Gasteiger partial charge in [0.1, 0.15) is 0 Å². The van der Waals surface area contributed by atoms with E-state index in [2.05, 4.69) is 24.1 Å². The fourth-order valence-corrected chi connectivity index (χ4v) is 1.92. The largest absolute Gasteiger partial charge is 0.412 e. The standard InChI is InChI=1S/C14H25NO2.C6H13N.2C2H6.H2O/c1-10(14(6,7)9-16)8-11(2)15-12(17)13(3,4)5;1-6-2-4-7-5-3-6;2*1-2;/h8,16H,2,9H2,1,3-7H3,(H,15,17);6-7H,2-5H2,1H3;2*1-2H3;1H2/b10-8+;;;;. The van der Waals surface area contributed by atoms with Crippen molar-refractivity contribution in [3.63, 3.8) is 0 Å². The van der Waals surface area contributed by atoms with Gasteiger partial charge in [-0.15, -0.1) is 0 Å². The Labute approximate surface area is 181 Å². The summed E-state index contributed by atoms with van der Waals surface area (Å²) in [6, 6.07) is 0. The van der Waals surface area contributed by atoms with E-state index in [1.54, 1.807) is 6.08 Å². The lowest BCUT2D eigenvalue weighted by Crippen LogP contribution is -2.33. The van der Waals surface area contributed by atoms with E-state index in [0.29, 0.717) is 5.70 Å². The molecule has 1 heterocycles. The van der Waals surface area contributed by atoms with Gasteiger partial charge in [-0.25, -0.2) is 0 Å². The van der Waals surface area contributed by atoms with E-state index in [9.17, 15) is 9.90 Å². The molecule has 0 atom stereocenters. The third kappa shape index (κ3) is 18.6. The van der Waals surface area contributed by atoms with E-state index in [0.717, 1.165) is 11.5 Å². The van der Waals surface area contributed by atoms with Crippen LogP contribution in [0.15, 0.2) is 23.9 Å². The highest BCUT2D eigenvalue weighted by Crippen LogP contribution is 2.25. The van der Waals surface area contributed by atoms with Gasteiger partial charge < -0.3 is 21.2 Å². The van der Waals surface area contributed by atoms with Crippen molar-refractivity contribution in [2.45, 2.75) is 89.0 Å². The lowest BCUT2D eigenvalue weighted by Gasteiger charge is -2.24. The maximum absolute atomic E-state index is 11.7. The van der Waals surface area contributed by atoms with Gasteiger partial charge in [-0.3, -0.25) is 4.79 Å². The first kappa shape index (κ1) is 35.3. The summed E-state index contributed by atoms with van der Waals surface area (Å²) in [4.78, 5) is 11.7. The smallest absolute Gasteiger partial charge is 0.229 e. The third-order valence-corrected chi connectivity index (χ3v) is 4.44. The zero-order valence-electron chi connectivity index (χ0n) is 21.3. The first-order valence-corrected chi connectivity index (χ1v) is 10.9. The van der Waals surface area contributed by atoms with E-state index in [4.69, 9.17) is 0 Å². The fraction of sp³-hybridized carbons (Fsp3) is 0.792. The van der Waals surface area contributed by atoms with Crippen molar-refractivity contribution in [3.05, 3.63) is 23.9 Å². The van der Waals surface area contributed by atoms with Crippen LogP contribution in [0.1, 0.15) is 89.0 Å². The van der Waals surface area contributed by atoms with Crippen molar-refractivity contribution in [3.8, 4) is 0 Å². The normalized spacial score (nSPS) is 14.4. The van der Waals surface area contributed by atoms with Crippen LogP contribution in [-0.4, -0.2) is 36.2 Å². The molecule has 5 N–H and O–H groups in total. The van der Waals surface area contributed by atoms with E-state index in [1.165, 1.54) is 25.9 Å². The maximum atomic E-state index is 11.7. The number of piperidine rings is 1. The predicted octanol–water partition coefficient (Wildman–Crippen LogP) is 4.86. The second-order valence-electron chi connectivity index (χ2n) is 8.53. The third-order valence-electron chi connectivity index (χ3n) is 4.44. The summed E-state index contributed by atoms with van der Waals surface area (Å²) in [5.74, 6) is 0.912. The average molecular weight is 417 g/mol. The first-order valence-electron chi connectivity index (χ1n) is 10.9. The summed E-state index contributed by atoms with van der Waals surface area (Å²) in [7, 11) is 0. The molecule has 0 saturated carbocycles. The van der Waals surface area contributed by atoms with E-state index in [-0.39, 0.29) is 23.4 Å². The van der Waals surface area contributed by atoms with Crippen molar-refractivity contribution >= 4 is 5.91 Å². The number of rotatable bonds is 4. The molecule has 1 rings (SSSR count). The predicted molar refractivity (Wildman–Crippen MR) is 129 cm³/mol. The van der Waals surface area contributed by atoms with Gasteiger partial charge in [-0.05, 0) is 44.8 Å². The van der Waals surface area contributed by atoms with Crippen LogP contribution in [0.5, 0.6) is 0 Å². The molecule has 0 bridgehead atoms. The fourth-order valence-electron chi connectivity index (χ4n) is 1.92. The number of hydrogen-bond donors (Lipinski definition) is 3. The van der Waals surface area contributed by atoms with Crippen LogP contribution in [0, 0.1) is 16.7 Å². The minimum atomic E-state index is -0.433. The Morgan fingerprint density at radius 3 is 1.79 bits per heavy atom. The SMILES string of the molecule is C=C(/C=C(\C)C(C)(C)CO)NC(=O)C(C)(C)C.CC.CC.CC1CCNCC1.O. The quantitative estimate of drug-likeness (QED) is 0.571. The molecule has 0 spiro atoms. The molecule has 1 aliphatic rings. The Morgan fingerprint density at radius 1 is 1.10 bits per heavy atom. The molecule has 29 heavy (non-hydrogen) atoms. The second-order valence-corrected chi connectivity index (χ2v) is 8.53. The summed E-state index contributed by atoms with van der Waals surface area (Å²) < 4.78 is 0. The van der Waals surface area contributed by atoms with Crippen LogP contribution in [-0.2, 0) is 4.79 Å². The minimum absolute atomic E-state index is 0. The zero-order chi connectivity index (χ0) is 23.0. The summed E-state index contributed by atoms with van der Waals surface area (Å²) >= 11 is 0. The molecule has 0 aromatic heterocycles. The Kier molecular flexibility index (Phi) is 22.9. The molecule has 0 radical (unpaired) electrons. The van der Waals surface area contributed by atoms with Crippen molar-refractivity contribution in [2.24, 2.45) is 16.7 Å². The van der Waals surface area contributed by atoms with Crippen LogP contribution < -0.4 is 10.6 Å². The Balaban J connectivity index is -0.000000216. The highest BCUT2D eigenvalue weighted by molar-refractivity contribution is 5.83. The molecule has 1 amide bonds. The van der Waals surface area contributed by atoms with Gasteiger partial charge in [0.05, 0.1) is 6.61 Å². The molecule has 0 aromatic carbocycles. The summed E-state index contributed by atoms with van der Waals surface area (Å²) in [5, 5.41) is 15.3. The average Bonchev–Trinajstić information content (AvgIpc) is 2.65. The molecular weight excluding hydrogens is 364 g/mol. The van der Waals surface area contributed by atoms with Crippen molar-refractivity contribution in [1.82, 2.24) is 10.6 Å². The number of carbonyl (C=O) groups is 1. The Bertz CT molecular complexity index is 444. The zero-order valence-corrected chi connectivity index (χ0v) is 21.3. The summed E-state index contributed by atoms with van der Waals surface area (Å²) in [5.41, 5.74) is 0.815. The van der Waals surface area contributed by atoms with E-state index in [1.807, 2.05) is 69.2 Å². The Morgan fingerprint density at radius 2 is 1.52 bits per heavy atom. The monoisotopic (exact) mass is 416 g/mol. The number of aliphatic hydroxyl groups excluding tert-OH is 1. The van der Waals surface area contributed by atoms with Gasteiger partial charge in [-0.1, -0.05) is 81.4 Å². The number of aliphatic hydroxyl groups is 1. The maximum Gasteiger partial charge on any atom is 0.229 e. The molecule has 0 unspecified atom stereocenters. The molecular formula is C24H52N2O3. The van der Waals surface area contributed by atoms with E-state index < -0.39 is 5.41 Å². The van der Waals surface area contributed by atoms with Gasteiger partial charge >= 0.3 is 0 Å². The van der Waals surface area contributed by atoms with Crippen LogP contribution in [0.4, 0.5) is 0 Å². The lowest BCUT2D eigenvalue weighted by molar-refractivity contribution is -0.127. The van der Waals surface area contributed by atoms with Gasteiger partial charge in [0, 0.05) is 16.5 Å². The Hall–Kier alpha value is -1.17. The molecule has 0 aliphatic carbocycles. The number of carbonyl (C=O) groups excluding carboxylic acids is 1. The summed E-state index contributed by atoms with van der Waals surface area (Å²) in [6.07, 6.45) is 4.56. The molecule has 176 valence electrons. The highest BCUT2D eigenvalue weighted by Gasteiger charge is 2.22. The van der Waals surface area contributed by atoms with Crippen molar-refractivity contribution < 1.29 is 15.4 Å². The number of nitrogens with one attached hydrogen (secondary N) is 2. The number of amides is 1. The number of hydrogen-bond acceptors (Lipinski definition) is 3. The molecule has 0 aromatic rings. The van der Waals surface area contributed by atoms with Crippen LogP contribution >= 0.6 is 0 Å². The topological polar surface area (TPSA) is 92.9 Å². The van der Waals surface area contributed by atoms with Crippen molar-refractivity contribution in [2.75, 3.05) is 19.7 Å². The van der Waals surface area contributed by atoms with E-state index >= 15 is 0 Å². The van der Waals surface area contributed by atoms with Crippen LogP contribution in [0.3, 0.4) is 0 Å². The van der Waals surface area contributed by atoms with Gasteiger partial charge in [0.2, 0.25) is 5.91 Å². The molecule has 5 nitrogen and oxygen atoms in total. The summed E-state index contributed by atoms with van der Waals surface area (Å²) in [6.45, 7) is 28.0. The van der Waals surface area contributed by atoms with Crippen LogP contribution in [0.2, 0.25) is 0 Å². The van der Waals surface area contributed by atoms with Crippen molar-refractivity contribution in [1.29, 1.82) is 0 Å². The van der Waals surface area contributed by atoms with Gasteiger partial charge in [0.25, 0.3) is 0 Å². The molecule has 1 aliphatic heterocycles. The molecule has 5 heteroatoms. The second kappa shape index (κ2) is 18.8. The molecule has 1 fully saturated rings.